The first-order chi connectivity index (χ1) is 7.21. The van der Waals surface area contributed by atoms with Crippen LogP contribution in [0.4, 0.5) is 39.5 Å². The predicted octanol–water partition coefficient (Wildman–Crippen LogP) is 2.31. The number of alkyl halides is 9. The summed E-state index contributed by atoms with van der Waals surface area (Å²) in [4.78, 5) is 4.97. The number of halogens is 9. The minimum atomic E-state index is -6.68. The molecule has 0 aliphatic rings. The summed E-state index contributed by atoms with van der Waals surface area (Å²) in [6.45, 7) is -2.35. The fourth-order valence-electron chi connectivity index (χ4n) is 0.392. The van der Waals surface area contributed by atoms with E-state index in [0.29, 0.717) is 0 Å². The van der Waals surface area contributed by atoms with Gasteiger partial charge < -0.3 is 5.11 Å². The van der Waals surface area contributed by atoms with Crippen molar-refractivity contribution in [1.82, 2.24) is 0 Å². The van der Waals surface area contributed by atoms with Gasteiger partial charge in [0.2, 0.25) is 0 Å². The number of hydrogen-bond acceptors (Lipinski definition) is 3. The summed E-state index contributed by atoms with van der Waals surface area (Å²) in [6, 6.07) is 0. The molecule has 0 saturated heterocycles. The summed E-state index contributed by atoms with van der Waals surface area (Å²) in [5.74, 6) is -6.65. The van der Waals surface area contributed by atoms with Crippen LogP contribution in [0.15, 0.2) is 0 Å². The zero-order valence-electron chi connectivity index (χ0n) is 7.37. The maximum atomic E-state index is 12.1. The van der Waals surface area contributed by atoms with Crippen molar-refractivity contribution < 1.29 is 54.4 Å². The second kappa shape index (κ2) is 4.49. The monoisotopic (exact) mass is 282 g/mol. The van der Waals surface area contributed by atoms with Crippen LogP contribution >= 0.6 is 0 Å². The molecule has 0 aliphatic heterocycles. The third-order valence-electron chi connectivity index (χ3n) is 1.12. The molecule has 104 valence electrons. The van der Waals surface area contributed by atoms with E-state index >= 15 is 0 Å². The van der Waals surface area contributed by atoms with Crippen molar-refractivity contribution in [1.29, 1.82) is 0 Å². The summed E-state index contributed by atoms with van der Waals surface area (Å²) in [5.41, 5.74) is 0. The van der Waals surface area contributed by atoms with Crippen LogP contribution in [0.2, 0.25) is 0 Å². The van der Waals surface area contributed by atoms with Gasteiger partial charge in [-0.3, -0.25) is 0 Å². The maximum Gasteiger partial charge on any atom is 0.462 e. The Balaban J connectivity index is 4.58. The van der Waals surface area contributed by atoms with Gasteiger partial charge in [0.15, 0.2) is 6.61 Å². The minimum Gasteiger partial charge on any atom is -0.334 e. The topological polar surface area (TPSA) is 38.7 Å². The van der Waals surface area contributed by atoms with Gasteiger partial charge in [0.05, 0.1) is 0 Å². The molecule has 0 atom stereocenters. The molecular formula is C5H3F9O3. The van der Waals surface area contributed by atoms with Crippen molar-refractivity contribution in [2.24, 2.45) is 0 Å². The van der Waals surface area contributed by atoms with Gasteiger partial charge >= 0.3 is 24.3 Å². The van der Waals surface area contributed by atoms with Crippen LogP contribution in [0, 0.1) is 0 Å². The first kappa shape index (κ1) is 16.2. The van der Waals surface area contributed by atoms with Crippen molar-refractivity contribution in [2.75, 3.05) is 6.61 Å². The number of hydrogen-bond donors (Lipinski definition) is 1. The molecule has 0 saturated carbocycles. The van der Waals surface area contributed by atoms with Gasteiger partial charge in [0.1, 0.15) is 0 Å². The van der Waals surface area contributed by atoms with Crippen LogP contribution in [0.3, 0.4) is 0 Å². The predicted molar refractivity (Wildman–Crippen MR) is 30.2 cm³/mol. The molecule has 0 heterocycles. The van der Waals surface area contributed by atoms with Gasteiger partial charge in [0.25, 0.3) is 0 Å². The van der Waals surface area contributed by atoms with E-state index in [4.69, 9.17) is 5.11 Å². The van der Waals surface area contributed by atoms with Gasteiger partial charge in [-0.2, -0.15) is 44.4 Å². The summed E-state index contributed by atoms with van der Waals surface area (Å²) in [5, 5.41) is 7.58. The second-order valence-electron chi connectivity index (χ2n) is 2.60. The minimum absolute atomic E-state index is 2.25. The first-order valence-electron chi connectivity index (χ1n) is 3.44. The van der Waals surface area contributed by atoms with E-state index in [0.717, 1.165) is 0 Å². The molecule has 0 rings (SSSR count). The van der Waals surface area contributed by atoms with Gasteiger partial charge in [0, 0.05) is 0 Å². The van der Waals surface area contributed by atoms with Crippen molar-refractivity contribution in [3.63, 3.8) is 0 Å². The summed E-state index contributed by atoms with van der Waals surface area (Å²) >= 11 is 0. The van der Waals surface area contributed by atoms with E-state index in [2.05, 4.69) is 9.78 Å². The molecule has 0 bridgehead atoms. The highest BCUT2D eigenvalue weighted by atomic mass is 19.4. The molecule has 0 amide bonds. The standard InChI is InChI=1S/C5H3F9O3/c6-2(7,15)1-16-17-5(13,14)3(8,9)4(10,11)12/h15H,1H2. The largest absolute Gasteiger partial charge is 0.462 e. The molecule has 0 fully saturated rings. The van der Waals surface area contributed by atoms with Crippen LogP contribution in [0.25, 0.3) is 0 Å². The molecule has 1 N–H and O–H groups in total. The Kier molecular flexibility index (Phi) is 4.30. The Labute approximate surface area is 86.6 Å². The Morgan fingerprint density at radius 1 is 0.824 bits per heavy atom. The Bertz CT molecular complexity index is 254. The molecule has 0 unspecified atom stereocenters. The van der Waals surface area contributed by atoms with E-state index in [1.807, 2.05) is 0 Å². The molecular weight excluding hydrogens is 279 g/mol. The lowest BCUT2D eigenvalue weighted by Crippen LogP contribution is -2.53. The van der Waals surface area contributed by atoms with Gasteiger partial charge in [-0.25, -0.2) is 4.89 Å². The molecule has 3 nitrogen and oxygen atoms in total. The van der Waals surface area contributed by atoms with E-state index in [9.17, 15) is 39.5 Å². The summed E-state index contributed by atoms with van der Waals surface area (Å²) < 4.78 is 106. The normalized spacial score (nSPS) is 15.2. The summed E-state index contributed by atoms with van der Waals surface area (Å²) in [7, 11) is 0. The Morgan fingerprint density at radius 2 is 1.24 bits per heavy atom. The quantitative estimate of drug-likeness (QED) is 0.478. The Hall–Kier alpha value is -0.750. The fraction of sp³-hybridized carbons (Fsp3) is 1.00. The average molecular weight is 282 g/mol. The fourth-order valence-corrected chi connectivity index (χ4v) is 0.392. The van der Waals surface area contributed by atoms with Gasteiger partial charge in [-0.1, -0.05) is 0 Å². The third kappa shape index (κ3) is 4.20. The van der Waals surface area contributed by atoms with Crippen LogP contribution < -0.4 is 0 Å². The highest BCUT2D eigenvalue weighted by molar-refractivity contribution is 4.83. The van der Waals surface area contributed by atoms with Crippen molar-refractivity contribution >= 4 is 0 Å². The molecule has 12 heteroatoms. The third-order valence-corrected chi connectivity index (χ3v) is 1.12. The Morgan fingerprint density at radius 3 is 1.53 bits per heavy atom. The van der Waals surface area contributed by atoms with Crippen molar-refractivity contribution in [3.05, 3.63) is 0 Å². The molecule has 0 radical (unpaired) electrons. The molecule has 0 spiro atoms. The smallest absolute Gasteiger partial charge is 0.334 e. The lowest BCUT2D eigenvalue weighted by Gasteiger charge is -2.26. The lowest BCUT2D eigenvalue weighted by atomic mass is 10.3. The SMILES string of the molecule is OC(F)(F)COOC(F)(F)C(F)(F)C(F)(F)F. The van der Waals surface area contributed by atoms with Crippen LogP contribution in [-0.2, 0) is 9.78 Å². The summed E-state index contributed by atoms with van der Waals surface area (Å²) in [6.07, 6.45) is -17.6. The highest BCUT2D eigenvalue weighted by Gasteiger charge is 2.75. The van der Waals surface area contributed by atoms with E-state index in [1.54, 1.807) is 0 Å². The van der Waals surface area contributed by atoms with Crippen LogP contribution in [-0.4, -0.2) is 36.0 Å². The maximum absolute atomic E-state index is 12.1. The second-order valence-corrected chi connectivity index (χ2v) is 2.60. The zero-order valence-corrected chi connectivity index (χ0v) is 7.37. The van der Waals surface area contributed by atoms with E-state index < -0.39 is 30.9 Å². The molecule has 0 aliphatic carbocycles. The number of aliphatic hydroxyl groups is 1. The van der Waals surface area contributed by atoms with Crippen molar-refractivity contribution in [3.8, 4) is 0 Å². The molecule has 0 aromatic heterocycles. The van der Waals surface area contributed by atoms with Crippen LogP contribution in [0.1, 0.15) is 0 Å². The highest BCUT2D eigenvalue weighted by Crippen LogP contribution is 2.47. The molecule has 0 aromatic rings. The lowest BCUT2D eigenvalue weighted by molar-refractivity contribution is -0.523. The molecule has 0 aromatic carbocycles. The van der Waals surface area contributed by atoms with E-state index in [-0.39, 0.29) is 0 Å². The zero-order chi connectivity index (χ0) is 14.1. The number of rotatable bonds is 5. The van der Waals surface area contributed by atoms with Crippen molar-refractivity contribution in [2.45, 2.75) is 24.3 Å². The average Bonchev–Trinajstić information content (AvgIpc) is 1.98. The van der Waals surface area contributed by atoms with Gasteiger partial charge in [-0.05, 0) is 0 Å². The van der Waals surface area contributed by atoms with E-state index in [1.165, 1.54) is 0 Å². The molecule has 17 heavy (non-hydrogen) atoms. The first-order valence-corrected chi connectivity index (χ1v) is 3.44. The van der Waals surface area contributed by atoms with Crippen LogP contribution in [0.5, 0.6) is 0 Å². The van der Waals surface area contributed by atoms with Gasteiger partial charge in [-0.15, -0.1) is 0 Å².